The molecule has 0 saturated carbocycles. The van der Waals surface area contributed by atoms with Gasteiger partial charge in [0.1, 0.15) is 5.03 Å². The van der Waals surface area contributed by atoms with Crippen LogP contribution in [-0.2, 0) is 6.54 Å². The predicted molar refractivity (Wildman–Crippen MR) is 92.6 cm³/mol. The Morgan fingerprint density at radius 2 is 2.26 bits per heavy atom. The number of nitrogens with one attached hydrogen (secondary N) is 1. The van der Waals surface area contributed by atoms with Gasteiger partial charge in [-0.05, 0) is 31.4 Å². The summed E-state index contributed by atoms with van der Waals surface area (Å²) in [4.78, 5) is 13.4. The van der Waals surface area contributed by atoms with Gasteiger partial charge in [-0.2, -0.15) is 4.98 Å². The molecule has 8 heteroatoms. The minimum atomic E-state index is 0.253. The number of rotatable bonds is 2. The van der Waals surface area contributed by atoms with E-state index in [1.165, 1.54) is 0 Å². The number of hydrogen-bond donors (Lipinski definition) is 2. The normalized spacial score (nSPS) is 19.1. The molecule has 2 aliphatic heterocycles. The van der Waals surface area contributed by atoms with Crippen molar-refractivity contribution in [1.29, 1.82) is 0 Å². The Morgan fingerprint density at radius 1 is 1.43 bits per heavy atom. The van der Waals surface area contributed by atoms with Crippen LogP contribution >= 0.6 is 23.4 Å². The third kappa shape index (κ3) is 2.43. The van der Waals surface area contributed by atoms with Crippen molar-refractivity contribution in [2.75, 3.05) is 16.5 Å². The fraction of sp³-hybridized carbons (Fsp3) is 0.400. The van der Waals surface area contributed by atoms with E-state index in [0.29, 0.717) is 12.5 Å². The fourth-order valence-electron chi connectivity index (χ4n) is 3.05. The van der Waals surface area contributed by atoms with Crippen LogP contribution in [0, 0.1) is 13.8 Å². The number of halogens is 1. The molecule has 23 heavy (non-hydrogen) atoms. The third-order valence-electron chi connectivity index (χ3n) is 4.30. The molecule has 0 bridgehead atoms. The molecule has 6 nitrogen and oxygen atoms in total. The van der Waals surface area contributed by atoms with Crippen LogP contribution in [0.25, 0.3) is 0 Å². The van der Waals surface area contributed by atoms with Gasteiger partial charge in [0.05, 0.1) is 18.3 Å². The molecule has 1 unspecified atom stereocenters. The first-order valence-electron chi connectivity index (χ1n) is 7.49. The van der Waals surface area contributed by atoms with Crippen LogP contribution in [0.5, 0.6) is 0 Å². The zero-order valence-electron chi connectivity index (χ0n) is 12.9. The minimum absolute atomic E-state index is 0.253. The summed E-state index contributed by atoms with van der Waals surface area (Å²) in [5.41, 5.74) is 13.5. The number of nitrogen functional groups attached to an aromatic ring is 1. The average Bonchev–Trinajstić information content (AvgIpc) is 2.87. The van der Waals surface area contributed by atoms with Crippen LogP contribution in [-0.4, -0.2) is 20.7 Å². The molecule has 3 N–H and O–H groups in total. The number of thioether (sulfide) groups is 1. The molecule has 2 aliphatic rings. The number of hydrazine groups is 1. The van der Waals surface area contributed by atoms with Gasteiger partial charge in [-0.3, -0.25) is 9.99 Å². The molecule has 2 aromatic rings. The van der Waals surface area contributed by atoms with Crippen LogP contribution < -0.4 is 16.2 Å². The van der Waals surface area contributed by atoms with E-state index in [9.17, 15) is 0 Å². The molecule has 4 heterocycles. The van der Waals surface area contributed by atoms with E-state index in [1.54, 1.807) is 11.8 Å². The van der Waals surface area contributed by atoms with Crippen LogP contribution in [0.2, 0.25) is 5.02 Å². The zero-order valence-corrected chi connectivity index (χ0v) is 14.5. The standard InChI is InChI=1S/C15H17ClN6S/c1-7-5-18-10(8(2)12(7)16)6-22-13-11-9(21-22)3-4-23-14(11)20-15(17)19-13/h5,9,21H,3-4,6H2,1-2H3,(H2,17,19,20). The lowest BCUT2D eigenvalue weighted by Crippen LogP contribution is -2.35. The highest BCUT2D eigenvalue weighted by molar-refractivity contribution is 7.99. The van der Waals surface area contributed by atoms with E-state index < -0.39 is 0 Å². The highest BCUT2D eigenvalue weighted by Crippen LogP contribution is 2.44. The molecule has 0 fully saturated rings. The third-order valence-corrected chi connectivity index (χ3v) is 5.91. The first-order chi connectivity index (χ1) is 11.0. The maximum Gasteiger partial charge on any atom is 0.223 e. The van der Waals surface area contributed by atoms with E-state index >= 15 is 0 Å². The smallest absolute Gasteiger partial charge is 0.223 e. The lowest BCUT2D eigenvalue weighted by Gasteiger charge is -2.21. The summed E-state index contributed by atoms with van der Waals surface area (Å²) in [5.74, 6) is 2.21. The predicted octanol–water partition coefficient (Wildman–Crippen LogP) is 2.79. The second kappa shape index (κ2) is 5.51. The zero-order chi connectivity index (χ0) is 16.1. The van der Waals surface area contributed by atoms with Gasteiger partial charge >= 0.3 is 0 Å². The largest absolute Gasteiger partial charge is 0.368 e. The van der Waals surface area contributed by atoms with Gasteiger partial charge in [0.15, 0.2) is 5.82 Å². The van der Waals surface area contributed by atoms with Gasteiger partial charge in [0.2, 0.25) is 5.95 Å². The van der Waals surface area contributed by atoms with Crippen LogP contribution in [0.4, 0.5) is 11.8 Å². The quantitative estimate of drug-likeness (QED) is 0.808. The number of anilines is 2. The molecular formula is C15H17ClN6S. The Morgan fingerprint density at radius 3 is 3.09 bits per heavy atom. The summed E-state index contributed by atoms with van der Waals surface area (Å²) in [7, 11) is 0. The molecule has 0 radical (unpaired) electrons. The van der Waals surface area contributed by atoms with Crippen molar-refractivity contribution >= 4 is 35.1 Å². The number of nitrogens with two attached hydrogens (primary N) is 1. The SMILES string of the molecule is Cc1cnc(CN2NC3CCSc4nc(N)nc2c43)c(C)c1Cl. The molecule has 0 spiro atoms. The summed E-state index contributed by atoms with van der Waals surface area (Å²) in [5, 5.41) is 3.79. The number of aromatic nitrogens is 3. The lowest BCUT2D eigenvalue weighted by molar-refractivity contribution is 0.520. The molecule has 1 atom stereocenters. The van der Waals surface area contributed by atoms with Crippen molar-refractivity contribution in [3.8, 4) is 0 Å². The van der Waals surface area contributed by atoms with Crippen LogP contribution in [0.3, 0.4) is 0 Å². The monoisotopic (exact) mass is 348 g/mol. The van der Waals surface area contributed by atoms with E-state index in [2.05, 4.69) is 20.4 Å². The molecule has 0 amide bonds. The Hall–Kier alpha value is -1.57. The van der Waals surface area contributed by atoms with Crippen molar-refractivity contribution in [1.82, 2.24) is 20.4 Å². The lowest BCUT2D eigenvalue weighted by atomic mass is 10.1. The van der Waals surface area contributed by atoms with Gasteiger partial charge in [0.25, 0.3) is 0 Å². The summed E-state index contributed by atoms with van der Waals surface area (Å²) in [6.45, 7) is 4.56. The Balaban J connectivity index is 1.72. The van der Waals surface area contributed by atoms with E-state index in [4.69, 9.17) is 17.3 Å². The topological polar surface area (TPSA) is 80.0 Å². The van der Waals surface area contributed by atoms with Gasteiger partial charge in [-0.15, -0.1) is 11.8 Å². The second-order valence-corrected chi connectivity index (χ2v) is 7.32. The van der Waals surface area contributed by atoms with Gasteiger partial charge in [-0.25, -0.2) is 10.4 Å². The average molecular weight is 349 g/mol. The van der Waals surface area contributed by atoms with Crippen molar-refractivity contribution in [2.45, 2.75) is 37.9 Å². The number of nitrogens with zero attached hydrogens (tertiary/aromatic N) is 4. The Labute approximate surface area is 143 Å². The van der Waals surface area contributed by atoms with Crippen molar-refractivity contribution < 1.29 is 0 Å². The molecule has 0 saturated heterocycles. The molecule has 0 aliphatic carbocycles. The summed E-state index contributed by atoms with van der Waals surface area (Å²) in [6, 6.07) is 0.253. The first kappa shape index (κ1) is 15.0. The van der Waals surface area contributed by atoms with Gasteiger partial charge in [-0.1, -0.05) is 11.6 Å². The number of aryl methyl sites for hydroxylation is 1. The summed E-state index contributed by atoms with van der Waals surface area (Å²) < 4.78 is 0. The highest BCUT2D eigenvalue weighted by Gasteiger charge is 2.36. The maximum absolute atomic E-state index is 6.36. The highest BCUT2D eigenvalue weighted by atomic mass is 35.5. The van der Waals surface area contributed by atoms with Gasteiger partial charge < -0.3 is 5.73 Å². The first-order valence-corrected chi connectivity index (χ1v) is 8.85. The molecular weight excluding hydrogens is 332 g/mol. The summed E-state index contributed by atoms with van der Waals surface area (Å²) >= 11 is 8.10. The molecule has 4 rings (SSSR count). The second-order valence-electron chi connectivity index (χ2n) is 5.86. The van der Waals surface area contributed by atoms with Gasteiger partial charge in [0, 0.05) is 22.5 Å². The molecule has 2 aromatic heterocycles. The maximum atomic E-state index is 6.36. The fourth-order valence-corrected chi connectivity index (χ4v) is 4.30. The van der Waals surface area contributed by atoms with E-state index in [1.807, 2.05) is 25.1 Å². The number of pyridine rings is 1. The Bertz CT molecular complexity index is 796. The van der Waals surface area contributed by atoms with Crippen molar-refractivity contribution in [3.05, 3.63) is 33.6 Å². The number of hydrogen-bond acceptors (Lipinski definition) is 7. The van der Waals surface area contributed by atoms with Crippen LogP contribution in [0.1, 0.15) is 34.8 Å². The van der Waals surface area contributed by atoms with Crippen LogP contribution in [0.15, 0.2) is 11.2 Å². The van der Waals surface area contributed by atoms with E-state index in [-0.39, 0.29) is 6.04 Å². The van der Waals surface area contributed by atoms with Crippen molar-refractivity contribution in [2.24, 2.45) is 0 Å². The molecule has 0 aromatic carbocycles. The minimum Gasteiger partial charge on any atom is -0.368 e. The molecule has 120 valence electrons. The van der Waals surface area contributed by atoms with E-state index in [0.717, 1.165) is 50.4 Å². The van der Waals surface area contributed by atoms with Crippen molar-refractivity contribution in [3.63, 3.8) is 0 Å². The summed E-state index contributed by atoms with van der Waals surface area (Å²) in [6.07, 6.45) is 2.86. The Kier molecular flexibility index (Phi) is 3.59.